The minimum atomic E-state index is -0.0466. The molecule has 1 saturated heterocycles. The molecule has 2 aromatic rings. The number of aromatic nitrogens is 1. The summed E-state index contributed by atoms with van der Waals surface area (Å²) in [7, 11) is 0. The molecule has 0 spiro atoms. The molecule has 25 heavy (non-hydrogen) atoms. The average Bonchev–Trinajstić information content (AvgIpc) is 2.65. The molecule has 0 unspecified atom stereocenters. The van der Waals surface area contributed by atoms with Crippen LogP contribution in [0.5, 0.6) is 0 Å². The predicted octanol–water partition coefficient (Wildman–Crippen LogP) is 4.17. The van der Waals surface area contributed by atoms with Crippen molar-refractivity contribution < 1.29 is 9.59 Å². The molecule has 0 aliphatic carbocycles. The van der Waals surface area contributed by atoms with Gasteiger partial charge in [-0.2, -0.15) is 0 Å². The van der Waals surface area contributed by atoms with Gasteiger partial charge in [0, 0.05) is 42.5 Å². The first-order valence-corrected chi connectivity index (χ1v) is 9.16. The number of benzene rings is 1. The van der Waals surface area contributed by atoms with Crippen LogP contribution < -0.4 is 10.2 Å². The van der Waals surface area contributed by atoms with E-state index < -0.39 is 0 Å². The molecule has 1 N–H and O–H groups in total. The van der Waals surface area contributed by atoms with E-state index in [9.17, 15) is 9.59 Å². The molecule has 5 nitrogen and oxygen atoms in total. The van der Waals surface area contributed by atoms with Gasteiger partial charge < -0.3 is 10.2 Å². The Balaban J connectivity index is 1.56. The van der Waals surface area contributed by atoms with Gasteiger partial charge in [-0.3, -0.25) is 9.59 Å². The van der Waals surface area contributed by atoms with Crippen LogP contribution in [0.4, 0.5) is 11.5 Å². The lowest BCUT2D eigenvalue weighted by molar-refractivity contribution is -0.120. The average molecular weight is 423 g/mol. The van der Waals surface area contributed by atoms with Crippen LogP contribution in [0.15, 0.2) is 41.0 Å². The van der Waals surface area contributed by atoms with E-state index in [1.165, 1.54) is 0 Å². The molecule has 1 aliphatic rings. The van der Waals surface area contributed by atoms with E-state index in [4.69, 9.17) is 11.6 Å². The van der Waals surface area contributed by atoms with Gasteiger partial charge in [-0.25, -0.2) is 4.98 Å². The molecule has 3 rings (SSSR count). The minimum Gasteiger partial charge on any atom is -0.371 e. The third-order valence-electron chi connectivity index (χ3n) is 4.32. The van der Waals surface area contributed by atoms with Gasteiger partial charge in [0.15, 0.2) is 0 Å². The second kappa shape index (κ2) is 7.97. The predicted molar refractivity (Wildman–Crippen MR) is 102 cm³/mol. The first kappa shape index (κ1) is 17.9. The van der Waals surface area contributed by atoms with Gasteiger partial charge in [0.25, 0.3) is 0 Å². The molecule has 7 heteroatoms. The number of pyridine rings is 1. The molecular formula is C18H17BrClN3O2. The molecule has 0 atom stereocenters. The van der Waals surface area contributed by atoms with Crippen LogP contribution in [0.25, 0.3) is 0 Å². The molecular weight excluding hydrogens is 406 g/mol. The van der Waals surface area contributed by atoms with Crippen LogP contribution in [0.3, 0.4) is 0 Å². The highest BCUT2D eigenvalue weighted by Gasteiger charge is 2.25. The van der Waals surface area contributed by atoms with Crippen LogP contribution in [0.1, 0.15) is 23.2 Å². The lowest BCUT2D eigenvalue weighted by Gasteiger charge is -2.33. The van der Waals surface area contributed by atoms with Crippen molar-refractivity contribution >= 4 is 51.2 Å². The topological polar surface area (TPSA) is 62.3 Å². The zero-order valence-corrected chi connectivity index (χ0v) is 15.8. The van der Waals surface area contributed by atoms with E-state index in [0.29, 0.717) is 20.9 Å². The normalized spacial score (nSPS) is 15.0. The van der Waals surface area contributed by atoms with Crippen molar-refractivity contribution in [2.45, 2.75) is 12.8 Å². The first-order chi connectivity index (χ1) is 12.1. The van der Waals surface area contributed by atoms with E-state index in [-0.39, 0.29) is 11.8 Å². The van der Waals surface area contributed by atoms with Crippen molar-refractivity contribution in [3.63, 3.8) is 0 Å². The van der Waals surface area contributed by atoms with Crippen molar-refractivity contribution in [1.82, 2.24) is 4.98 Å². The van der Waals surface area contributed by atoms with Crippen LogP contribution in [-0.4, -0.2) is 30.3 Å². The summed E-state index contributed by atoms with van der Waals surface area (Å²) in [5.74, 6) is 0.390. The number of amides is 1. The summed E-state index contributed by atoms with van der Waals surface area (Å²) in [6.45, 7) is 1.60. The molecule has 1 fully saturated rings. The van der Waals surface area contributed by atoms with Gasteiger partial charge in [-0.15, -0.1) is 0 Å². The number of aldehydes is 1. The van der Waals surface area contributed by atoms with E-state index in [1.54, 1.807) is 12.3 Å². The maximum absolute atomic E-state index is 12.4. The second-order valence-electron chi connectivity index (χ2n) is 5.94. The molecule has 0 radical (unpaired) electrons. The molecule has 1 aromatic heterocycles. The number of nitrogens with one attached hydrogen (secondary N) is 1. The SMILES string of the molecule is O=Cc1ccc(N2CCC(C(=O)Nc3cc(Cl)c(Br)cn3)CC2)cc1. The number of piperidine rings is 1. The molecule has 1 aliphatic heterocycles. The Bertz CT molecular complexity index is 774. The third kappa shape index (κ3) is 4.38. The van der Waals surface area contributed by atoms with E-state index in [0.717, 1.165) is 37.9 Å². The van der Waals surface area contributed by atoms with Crippen molar-refractivity contribution in [3.05, 3.63) is 51.6 Å². The van der Waals surface area contributed by atoms with Crippen LogP contribution >= 0.6 is 27.5 Å². The molecule has 130 valence electrons. The highest BCUT2D eigenvalue weighted by atomic mass is 79.9. The van der Waals surface area contributed by atoms with Gasteiger partial charge in [-0.1, -0.05) is 11.6 Å². The molecule has 2 heterocycles. The number of hydrogen-bond acceptors (Lipinski definition) is 4. The first-order valence-electron chi connectivity index (χ1n) is 7.99. The summed E-state index contributed by atoms with van der Waals surface area (Å²) < 4.78 is 0.695. The lowest BCUT2D eigenvalue weighted by Crippen LogP contribution is -2.38. The number of nitrogens with zero attached hydrogens (tertiary/aromatic N) is 2. The zero-order chi connectivity index (χ0) is 17.8. The number of carbonyl (C=O) groups excluding carboxylic acids is 2. The molecule has 0 bridgehead atoms. The maximum Gasteiger partial charge on any atom is 0.228 e. The van der Waals surface area contributed by atoms with Gasteiger partial charge in [0.1, 0.15) is 12.1 Å². The maximum atomic E-state index is 12.4. The smallest absolute Gasteiger partial charge is 0.228 e. The Kier molecular flexibility index (Phi) is 5.71. The summed E-state index contributed by atoms with van der Waals surface area (Å²) in [4.78, 5) is 29.5. The summed E-state index contributed by atoms with van der Waals surface area (Å²) in [5, 5.41) is 3.35. The summed E-state index contributed by atoms with van der Waals surface area (Å²) in [6.07, 6.45) is 3.95. The Hall–Kier alpha value is -1.92. The lowest BCUT2D eigenvalue weighted by atomic mass is 9.95. The van der Waals surface area contributed by atoms with Crippen molar-refractivity contribution in [1.29, 1.82) is 0 Å². The van der Waals surface area contributed by atoms with Crippen molar-refractivity contribution in [2.24, 2.45) is 5.92 Å². The van der Waals surface area contributed by atoms with Crippen LogP contribution in [-0.2, 0) is 4.79 Å². The van der Waals surface area contributed by atoms with Gasteiger partial charge in [0.2, 0.25) is 5.91 Å². The number of anilines is 2. The fraction of sp³-hybridized carbons (Fsp3) is 0.278. The van der Waals surface area contributed by atoms with Gasteiger partial charge in [-0.05, 0) is 53.0 Å². The fourth-order valence-electron chi connectivity index (χ4n) is 2.87. The quantitative estimate of drug-likeness (QED) is 0.751. The third-order valence-corrected chi connectivity index (χ3v) is 5.49. The number of rotatable bonds is 4. The van der Waals surface area contributed by atoms with E-state index >= 15 is 0 Å². The number of halogens is 2. The Morgan fingerprint density at radius 2 is 1.96 bits per heavy atom. The van der Waals surface area contributed by atoms with E-state index in [1.807, 2.05) is 24.3 Å². The van der Waals surface area contributed by atoms with Crippen molar-refractivity contribution in [2.75, 3.05) is 23.3 Å². The summed E-state index contributed by atoms with van der Waals surface area (Å²) >= 11 is 9.30. The van der Waals surface area contributed by atoms with Crippen LogP contribution in [0, 0.1) is 5.92 Å². The summed E-state index contributed by atoms with van der Waals surface area (Å²) in [6, 6.07) is 9.14. The summed E-state index contributed by atoms with van der Waals surface area (Å²) in [5.41, 5.74) is 1.74. The molecule has 0 saturated carbocycles. The number of carbonyl (C=O) groups is 2. The Morgan fingerprint density at radius 3 is 2.56 bits per heavy atom. The van der Waals surface area contributed by atoms with Gasteiger partial charge in [0.05, 0.1) is 9.50 Å². The molecule has 1 aromatic carbocycles. The Labute approximate surface area is 159 Å². The standard InChI is InChI=1S/C18H17BrClN3O2/c19-15-10-21-17(9-16(15)20)22-18(25)13-5-7-23(8-6-13)14-3-1-12(11-24)2-4-14/h1-4,9-11,13H,5-8H2,(H,21,22,25). The number of hydrogen-bond donors (Lipinski definition) is 1. The minimum absolute atomic E-state index is 0.0261. The largest absolute Gasteiger partial charge is 0.371 e. The second-order valence-corrected chi connectivity index (χ2v) is 7.21. The highest BCUT2D eigenvalue weighted by molar-refractivity contribution is 9.10. The zero-order valence-electron chi connectivity index (χ0n) is 13.4. The monoisotopic (exact) mass is 421 g/mol. The molecule has 1 amide bonds. The van der Waals surface area contributed by atoms with Crippen LogP contribution in [0.2, 0.25) is 5.02 Å². The highest BCUT2D eigenvalue weighted by Crippen LogP contribution is 2.26. The van der Waals surface area contributed by atoms with Gasteiger partial charge >= 0.3 is 0 Å². The van der Waals surface area contributed by atoms with E-state index in [2.05, 4.69) is 31.1 Å². The fourth-order valence-corrected chi connectivity index (χ4v) is 3.24. The van der Waals surface area contributed by atoms with Crippen molar-refractivity contribution in [3.8, 4) is 0 Å². The Morgan fingerprint density at radius 1 is 1.28 bits per heavy atom.